The van der Waals surface area contributed by atoms with E-state index < -0.39 is 0 Å². The van der Waals surface area contributed by atoms with Gasteiger partial charge < -0.3 is 10.6 Å². The van der Waals surface area contributed by atoms with Gasteiger partial charge in [0, 0.05) is 24.6 Å². The van der Waals surface area contributed by atoms with Gasteiger partial charge in [0.15, 0.2) is 5.96 Å². The Kier molecular flexibility index (Phi) is 9.49. The van der Waals surface area contributed by atoms with Gasteiger partial charge in [0.25, 0.3) is 0 Å². The van der Waals surface area contributed by atoms with E-state index in [1.165, 1.54) is 5.56 Å². The van der Waals surface area contributed by atoms with E-state index in [1.807, 2.05) is 23.9 Å². The van der Waals surface area contributed by atoms with Crippen molar-refractivity contribution in [1.82, 2.24) is 10.6 Å². The number of benzene rings is 1. The normalized spacial score (nSPS) is 11.2. The van der Waals surface area contributed by atoms with Gasteiger partial charge in [-0.1, -0.05) is 36.4 Å². The maximum Gasteiger partial charge on any atom is 0.191 e. The third kappa shape index (κ3) is 7.89. The Hall–Kier alpha value is -1.42. The summed E-state index contributed by atoms with van der Waals surface area (Å²) < 4.78 is 0. The lowest BCUT2D eigenvalue weighted by atomic mass is 10.1. The molecule has 0 aromatic heterocycles. The van der Waals surface area contributed by atoms with Crippen LogP contribution in [0.25, 0.3) is 0 Å². The molecule has 0 unspecified atom stereocenters. The Morgan fingerprint density at radius 2 is 2.10 bits per heavy atom. The van der Waals surface area contributed by atoms with E-state index in [0.29, 0.717) is 0 Å². The van der Waals surface area contributed by atoms with Crippen LogP contribution in [-0.4, -0.2) is 37.1 Å². The van der Waals surface area contributed by atoms with Crippen molar-refractivity contribution in [1.29, 1.82) is 0 Å². The van der Waals surface area contributed by atoms with Gasteiger partial charge in [-0.25, -0.2) is 0 Å². The highest BCUT2D eigenvalue weighted by molar-refractivity contribution is 7.99. The standard InChI is InChI=1S/C16H25N3S/c1-3-13-20-14-12-19-16(17-4-2)18-11-10-15-8-6-5-7-9-15/h3,5-9H,1,4,10-14H2,2H3,(H2,17,18,19). The molecule has 0 aliphatic carbocycles. The Labute approximate surface area is 127 Å². The van der Waals surface area contributed by atoms with Crippen LogP contribution in [0.15, 0.2) is 48.0 Å². The van der Waals surface area contributed by atoms with Crippen LogP contribution in [0.3, 0.4) is 0 Å². The first kappa shape index (κ1) is 16.6. The van der Waals surface area contributed by atoms with Gasteiger partial charge in [-0.3, -0.25) is 4.99 Å². The van der Waals surface area contributed by atoms with Gasteiger partial charge in [0.1, 0.15) is 0 Å². The second kappa shape index (κ2) is 11.4. The first-order valence-electron chi connectivity index (χ1n) is 7.11. The third-order valence-electron chi connectivity index (χ3n) is 2.63. The predicted octanol–water partition coefficient (Wildman–Crippen LogP) is 2.70. The van der Waals surface area contributed by atoms with Gasteiger partial charge in [0.2, 0.25) is 0 Å². The van der Waals surface area contributed by atoms with Crippen molar-refractivity contribution in [2.24, 2.45) is 4.99 Å². The molecule has 1 aromatic carbocycles. The number of rotatable bonds is 9. The lowest BCUT2D eigenvalue weighted by Crippen LogP contribution is -2.38. The summed E-state index contributed by atoms with van der Waals surface area (Å²) in [5.41, 5.74) is 1.34. The van der Waals surface area contributed by atoms with Crippen molar-refractivity contribution in [2.75, 3.05) is 31.1 Å². The van der Waals surface area contributed by atoms with E-state index in [0.717, 1.165) is 43.5 Å². The van der Waals surface area contributed by atoms with E-state index in [9.17, 15) is 0 Å². The molecule has 1 aromatic rings. The van der Waals surface area contributed by atoms with E-state index in [-0.39, 0.29) is 0 Å². The molecule has 0 atom stereocenters. The fourth-order valence-corrected chi connectivity index (χ4v) is 2.25. The maximum atomic E-state index is 4.56. The minimum absolute atomic E-state index is 0.833. The minimum Gasteiger partial charge on any atom is -0.357 e. The summed E-state index contributed by atoms with van der Waals surface area (Å²) in [5, 5.41) is 6.64. The molecule has 0 spiro atoms. The molecule has 0 aliphatic heterocycles. The average Bonchev–Trinajstić information content (AvgIpc) is 2.48. The van der Waals surface area contributed by atoms with E-state index in [1.54, 1.807) is 0 Å². The van der Waals surface area contributed by atoms with Crippen LogP contribution in [-0.2, 0) is 6.42 Å². The first-order valence-corrected chi connectivity index (χ1v) is 8.27. The number of thioether (sulfide) groups is 1. The quantitative estimate of drug-likeness (QED) is 0.318. The number of nitrogens with one attached hydrogen (secondary N) is 2. The molecule has 20 heavy (non-hydrogen) atoms. The highest BCUT2D eigenvalue weighted by Gasteiger charge is 1.97. The Morgan fingerprint density at radius 1 is 1.30 bits per heavy atom. The number of aliphatic imine (C=N–C) groups is 1. The topological polar surface area (TPSA) is 36.4 Å². The highest BCUT2D eigenvalue weighted by Crippen LogP contribution is 1.99. The van der Waals surface area contributed by atoms with Gasteiger partial charge in [-0.15, -0.1) is 6.58 Å². The number of hydrogen-bond donors (Lipinski definition) is 2. The molecule has 0 heterocycles. The van der Waals surface area contributed by atoms with Crippen LogP contribution in [0.1, 0.15) is 12.5 Å². The van der Waals surface area contributed by atoms with Crippen molar-refractivity contribution in [3.63, 3.8) is 0 Å². The predicted molar refractivity (Wildman–Crippen MR) is 91.6 cm³/mol. The summed E-state index contributed by atoms with van der Waals surface area (Å²) in [7, 11) is 0. The van der Waals surface area contributed by atoms with Crippen LogP contribution in [0, 0.1) is 0 Å². The second-order valence-corrected chi connectivity index (χ2v) is 5.44. The van der Waals surface area contributed by atoms with Crippen molar-refractivity contribution in [3.8, 4) is 0 Å². The van der Waals surface area contributed by atoms with Gasteiger partial charge in [0.05, 0.1) is 6.54 Å². The van der Waals surface area contributed by atoms with E-state index in [2.05, 4.69) is 53.4 Å². The van der Waals surface area contributed by atoms with Crippen molar-refractivity contribution < 1.29 is 0 Å². The third-order valence-corrected chi connectivity index (χ3v) is 3.58. The van der Waals surface area contributed by atoms with E-state index in [4.69, 9.17) is 0 Å². The van der Waals surface area contributed by atoms with Crippen LogP contribution in [0.5, 0.6) is 0 Å². The zero-order valence-corrected chi connectivity index (χ0v) is 13.1. The molecule has 0 saturated heterocycles. The Bertz CT molecular complexity index is 390. The van der Waals surface area contributed by atoms with Gasteiger partial charge >= 0.3 is 0 Å². The zero-order valence-electron chi connectivity index (χ0n) is 12.3. The fraction of sp³-hybridized carbons (Fsp3) is 0.438. The van der Waals surface area contributed by atoms with Crippen LogP contribution < -0.4 is 10.6 Å². The summed E-state index contributed by atoms with van der Waals surface area (Å²) in [6, 6.07) is 10.5. The molecule has 1 rings (SSSR count). The Balaban J connectivity index is 2.27. The summed E-state index contributed by atoms with van der Waals surface area (Å²) in [5.74, 6) is 2.93. The summed E-state index contributed by atoms with van der Waals surface area (Å²) in [4.78, 5) is 4.56. The minimum atomic E-state index is 0.833. The summed E-state index contributed by atoms with van der Waals surface area (Å²) in [6.45, 7) is 8.41. The second-order valence-electron chi connectivity index (χ2n) is 4.29. The van der Waals surface area contributed by atoms with Crippen molar-refractivity contribution in [3.05, 3.63) is 48.6 Å². The zero-order chi connectivity index (χ0) is 14.5. The molecule has 0 radical (unpaired) electrons. The molecule has 110 valence electrons. The molecule has 0 bridgehead atoms. The highest BCUT2D eigenvalue weighted by atomic mass is 32.2. The smallest absolute Gasteiger partial charge is 0.191 e. The fourth-order valence-electron chi connectivity index (χ4n) is 1.70. The SMILES string of the molecule is C=CCSCCN=C(NCC)NCCc1ccccc1. The molecule has 3 nitrogen and oxygen atoms in total. The lowest BCUT2D eigenvalue weighted by molar-refractivity contribution is 0.804. The summed E-state index contributed by atoms with van der Waals surface area (Å²) >= 11 is 1.85. The van der Waals surface area contributed by atoms with Crippen LogP contribution >= 0.6 is 11.8 Å². The lowest BCUT2D eigenvalue weighted by Gasteiger charge is -2.11. The molecule has 0 saturated carbocycles. The monoisotopic (exact) mass is 291 g/mol. The van der Waals surface area contributed by atoms with Gasteiger partial charge in [-0.2, -0.15) is 11.8 Å². The molecule has 0 amide bonds. The number of hydrogen-bond acceptors (Lipinski definition) is 2. The maximum absolute atomic E-state index is 4.56. The van der Waals surface area contributed by atoms with Crippen molar-refractivity contribution >= 4 is 17.7 Å². The van der Waals surface area contributed by atoms with E-state index >= 15 is 0 Å². The average molecular weight is 291 g/mol. The van der Waals surface area contributed by atoms with Crippen LogP contribution in [0.4, 0.5) is 0 Å². The largest absolute Gasteiger partial charge is 0.357 e. The molecule has 2 N–H and O–H groups in total. The molecule has 0 fully saturated rings. The number of guanidine groups is 1. The molecular weight excluding hydrogens is 266 g/mol. The molecule has 0 aliphatic rings. The molecular formula is C16H25N3S. The van der Waals surface area contributed by atoms with Crippen LogP contribution in [0.2, 0.25) is 0 Å². The van der Waals surface area contributed by atoms with Gasteiger partial charge in [-0.05, 0) is 18.9 Å². The number of nitrogens with zero attached hydrogens (tertiary/aromatic N) is 1. The molecule has 4 heteroatoms. The Morgan fingerprint density at radius 3 is 2.80 bits per heavy atom. The van der Waals surface area contributed by atoms with Crippen molar-refractivity contribution in [2.45, 2.75) is 13.3 Å². The summed E-state index contributed by atoms with van der Waals surface area (Å²) in [6.07, 6.45) is 2.94. The first-order chi connectivity index (χ1) is 9.86.